The highest BCUT2D eigenvalue weighted by Crippen LogP contribution is 2.04. The van der Waals surface area contributed by atoms with Gasteiger partial charge in [-0.1, -0.05) is 0 Å². The van der Waals surface area contributed by atoms with Crippen LogP contribution < -0.4 is 0 Å². The fourth-order valence-electron chi connectivity index (χ4n) is 1.80. The van der Waals surface area contributed by atoms with Crippen LogP contribution in [-0.2, 0) is 9.53 Å². The molecule has 1 N–H and O–H groups in total. The Balaban J connectivity index is 2.54. The van der Waals surface area contributed by atoms with Gasteiger partial charge >= 0.3 is 12.0 Å². The van der Waals surface area contributed by atoms with E-state index in [1.165, 1.54) is 12.0 Å². The van der Waals surface area contributed by atoms with Crippen LogP contribution in [0.5, 0.6) is 0 Å². The largest absolute Gasteiger partial charge is 0.480 e. The number of carboxylic acid groups (broad SMARTS) is 1. The summed E-state index contributed by atoms with van der Waals surface area (Å²) in [7, 11) is 3.53. The van der Waals surface area contributed by atoms with Gasteiger partial charge in [-0.15, -0.1) is 0 Å². The Bertz CT molecular complexity index is 290. The highest BCUT2D eigenvalue weighted by atomic mass is 16.5. The number of methoxy groups -OCH3 is 1. The number of carbonyl (C=O) groups is 2. The van der Waals surface area contributed by atoms with E-state index < -0.39 is 5.97 Å². The van der Waals surface area contributed by atoms with E-state index in [1.807, 2.05) is 7.05 Å². The van der Waals surface area contributed by atoms with E-state index in [-0.39, 0.29) is 12.6 Å². The maximum absolute atomic E-state index is 12.2. The average molecular weight is 259 g/mol. The first kappa shape index (κ1) is 14.7. The number of likely N-dealkylation sites (N-methyl/N-ethyl adjacent to an activating group) is 1. The lowest BCUT2D eigenvalue weighted by atomic mass is 10.3. The van der Waals surface area contributed by atoms with Crippen LogP contribution >= 0.6 is 0 Å². The number of piperazine rings is 1. The van der Waals surface area contributed by atoms with Crippen molar-refractivity contribution in [3.63, 3.8) is 0 Å². The van der Waals surface area contributed by atoms with Crippen LogP contribution in [0.3, 0.4) is 0 Å². The van der Waals surface area contributed by atoms with Crippen molar-refractivity contribution >= 4 is 12.0 Å². The molecule has 1 rings (SSSR count). The quantitative estimate of drug-likeness (QED) is 0.713. The number of amides is 2. The molecule has 0 aromatic carbocycles. The van der Waals surface area contributed by atoms with E-state index in [0.29, 0.717) is 26.2 Å². The van der Waals surface area contributed by atoms with Gasteiger partial charge in [0.25, 0.3) is 0 Å². The molecule has 7 heteroatoms. The van der Waals surface area contributed by atoms with Gasteiger partial charge in [-0.3, -0.25) is 4.79 Å². The Morgan fingerprint density at radius 1 is 1.28 bits per heavy atom. The molecule has 0 atom stereocenters. The molecular formula is C11H21N3O4. The molecule has 1 heterocycles. The van der Waals surface area contributed by atoms with Crippen molar-refractivity contribution in [3.05, 3.63) is 0 Å². The van der Waals surface area contributed by atoms with Crippen molar-refractivity contribution in [3.8, 4) is 0 Å². The van der Waals surface area contributed by atoms with Crippen molar-refractivity contribution in [2.45, 2.75) is 0 Å². The minimum Gasteiger partial charge on any atom is -0.480 e. The summed E-state index contributed by atoms with van der Waals surface area (Å²) in [5, 5.41) is 8.81. The standard InChI is InChI=1S/C11H21N3O4/c1-12-3-5-13(6-4-12)11(17)14(7-8-18-2)9-10(15)16/h3-9H2,1-2H3,(H,15,16). The van der Waals surface area contributed by atoms with Crippen LogP contribution in [0.4, 0.5) is 4.79 Å². The Kier molecular flexibility index (Phi) is 5.87. The van der Waals surface area contributed by atoms with Gasteiger partial charge in [0.1, 0.15) is 6.54 Å². The average Bonchev–Trinajstić information content (AvgIpc) is 2.34. The summed E-state index contributed by atoms with van der Waals surface area (Å²) < 4.78 is 4.89. The highest BCUT2D eigenvalue weighted by Gasteiger charge is 2.25. The first-order valence-corrected chi connectivity index (χ1v) is 5.97. The molecule has 0 bridgehead atoms. The molecule has 1 aliphatic rings. The Morgan fingerprint density at radius 2 is 1.89 bits per heavy atom. The van der Waals surface area contributed by atoms with E-state index >= 15 is 0 Å². The number of hydrogen-bond donors (Lipinski definition) is 1. The third-order valence-corrected chi connectivity index (χ3v) is 2.94. The number of ether oxygens (including phenoxy) is 1. The van der Waals surface area contributed by atoms with Crippen molar-refractivity contribution in [1.29, 1.82) is 0 Å². The predicted octanol–water partition coefficient (Wildman–Crippen LogP) is -0.613. The summed E-state index contributed by atoms with van der Waals surface area (Å²) in [4.78, 5) is 28.1. The number of carbonyl (C=O) groups excluding carboxylic acids is 1. The second-order valence-electron chi connectivity index (χ2n) is 4.38. The maximum atomic E-state index is 12.2. The van der Waals surface area contributed by atoms with E-state index in [2.05, 4.69) is 4.90 Å². The molecule has 18 heavy (non-hydrogen) atoms. The fourth-order valence-corrected chi connectivity index (χ4v) is 1.80. The molecule has 1 fully saturated rings. The molecule has 7 nitrogen and oxygen atoms in total. The number of rotatable bonds is 5. The monoisotopic (exact) mass is 259 g/mol. The lowest BCUT2D eigenvalue weighted by Gasteiger charge is -2.35. The van der Waals surface area contributed by atoms with E-state index in [9.17, 15) is 9.59 Å². The van der Waals surface area contributed by atoms with Gasteiger partial charge in [-0.05, 0) is 7.05 Å². The molecule has 0 unspecified atom stereocenters. The lowest BCUT2D eigenvalue weighted by Crippen LogP contribution is -2.53. The predicted molar refractivity (Wildman–Crippen MR) is 65.6 cm³/mol. The Labute approximate surface area is 107 Å². The van der Waals surface area contributed by atoms with E-state index in [4.69, 9.17) is 9.84 Å². The topological polar surface area (TPSA) is 73.3 Å². The van der Waals surface area contributed by atoms with E-state index in [1.54, 1.807) is 4.90 Å². The zero-order chi connectivity index (χ0) is 13.5. The second kappa shape index (κ2) is 7.17. The van der Waals surface area contributed by atoms with Crippen molar-refractivity contribution < 1.29 is 19.4 Å². The first-order valence-electron chi connectivity index (χ1n) is 5.97. The minimum absolute atomic E-state index is 0.220. The van der Waals surface area contributed by atoms with Gasteiger partial charge in [0.15, 0.2) is 0 Å². The molecule has 0 aromatic rings. The van der Waals surface area contributed by atoms with Gasteiger partial charge in [-0.2, -0.15) is 0 Å². The summed E-state index contributed by atoms with van der Waals surface area (Å²) in [6.07, 6.45) is 0. The summed E-state index contributed by atoms with van der Waals surface area (Å²) in [6, 6.07) is -0.220. The molecule has 0 saturated carbocycles. The molecule has 104 valence electrons. The Morgan fingerprint density at radius 3 is 2.39 bits per heavy atom. The molecule has 0 radical (unpaired) electrons. The van der Waals surface area contributed by atoms with Crippen LogP contribution in [0, 0.1) is 0 Å². The summed E-state index contributed by atoms with van der Waals surface area (Å²) in [5.74, 6) is -1.01. The number of nitrogens with zero attached hydrogens (tertiary/aromatic N) is 3. The Hall–Kier alpha value is -1.34. The van der Waals surface area contributed by atoms with Crippen LogP contribution in [0.25, 0.3) is 0 Å². The van der Waals surface area contributed by atoms with Crippen LogP contribution in [0.2, 0.25) is 0 Å². The maximum Gasteiger partial charge on any atom is 0.323 e. The van der Waals surface area contributed by atoms with Gasteiger partial charge in [0.05, 0.1) is 6.61 Å². The van der Waals surface area contributed by atoms with Crippen molar-refractivity contribution in [2.24, 2.45) is 0 Å². The first-order chi connectivity index (χ1) is 8.54. The summed E-state index contributed by atoms with van der Waals surface area (Å²) in [6.45, 7) is 3.26. The molecule has 2 amide bonds. The second-order valence-corrected chi connectivity index (χ2v) is 4.38. The fraction of sp³-hybridized carbons (Fsp3) is 0.818. The van der Waals surface area contributed by atoms with Gasteiger partial charge < -0.3 is 24.5 Å². The van der Waals surface area contributed by atoms with Crippen LogP contribution in [0.15, 0.2) is 0 Å². The molecule has 0 spiro atoms. The highest BCUT2D eigenvalue weighted by molar-refractivity contribution is 5.80. The van der Waals surface area contributed by atoms with Crippen molar-refractivity contribution in [1.82, 2.24) is 14.7 Å². The third-order valence-electron chi connectivity index (χ3n) is 2.94. The molecule has 1 aliphatic heterocycles. The van der Waals surface area contributed by atoms with Crippen molar-refractivity contribution in [2.75, 3.05) is 60.0 Å². The molecular weight excluding hydrogens is 238 g/mol. The number of hydrogen-bond acceptors (Lipinski definition) is 4. The molecule has 1 saturated heterocycles. The van der Waals surface area contributed by atoms with Gasteiger partial charge in [-0.25, -0.2) is 4.79 Å². The SMILES string of the molecule is COCCN(CC(=O)O)C(=O)N1CCN(C)CC1. The minimum atomic E-state index is -1.01. The normalized spacial score (nSPS) is 16.7. The number of aliphatic carboxylic acids is 1. The molecule has 0 aliphatic carbocycles. The third kappa shape index (κ3) is 4.50. The zero-order valence-electron chi connectivity index (χ0n) is 11.0. The number of carboxylic acids is 1. The van der Waals surface area contributed by atoms with Gasteiger partial charge in [0.2, 0.25) is 0 Å². The zero-order valence-corrected chi connectivity index (χ0v) is 11.0. The van der Waals surface area contributed by atoms with Gasteiger partial charge in [0, 0.05) is 39.8 Å². The van der Waals surface area contributed by atoms with E-state index in [0.717, 1.165) is 13.1 Å². The lowest BCUT2D eigenvalue weighted by molar-refractivity contribution is -0.137. The number of urea groups is 1. The van der Waals surface area contributed by atoms with Crippen LogP contribution in [-0.4, -0.2) is 91.8 Å². The molecule has 0 aromatic heterocycles. The smallest absolute Gasteiger partial charge is 0.323 e. The van der Waals surface area contributed by atoms with Crippen LogP contribution in [0.1, 0.15) is 0 Å². The summed E-state index contributed by atoms with van der Waals surface area (Å²) in [5.41, 5.74) is 0. The summed E-state index contributed by atoms with van der Waals surface area (Å²) >= 11 is 0.